The van der Waals surface area contributed by atoms with E-state index in [-0.39, 0.29) is 0 Å². The monoisotopic (exact) mass is 176 g/mol. The van der Waals surface area contributed by atoms with Crippen LogP contribution in [-0.2, 0) is 6.42 Å². The third kappa shape index (κ3) is 1.68. The Hall–Kier alpha value is -1.22. The minimum atomic E-state index is 0.943. The van der Waals surface area contributed by atoms with Gasteiger partial charge in [-0.3, -0.25) is 0 Å². The lowest BCUT2D eigenvalue weighted by atomic mass is 10.1. The van der Waals surface area contributed by atoms with Crippen molar-refractivity contribution >= 4 is 11.5 Å². The van der Waals surface area contributed by atoms with E-state index in [0.717, 1.165) is 6.42 Å². The van der Waals surface area contributed by atoms with E-state index in [0.29, 0.717) is 0 Å². The van der Waals surface area contributed by atoms with Crippen LogP contribution in [0.3, 0.4) is 0 Å². The summed E-state index contributed by atoms with van der Waals surface area (Å²) in [6.07, 6.45) is 2.76. The Kier molecular flexibility index (Phi) is 2.14. The maximum atomic E-state index is 3.81. The molecule has 0 aliphatic heterocycles. The van der Waals surface area contributed by atoms with Gasteiger partial charge in [-0.2, -0.15) is 0 Å². The minimum absolute atomic E-state index is 0.943. The number of hydrogen-bond acceptors (Lipinski definition) is 3. The van der Waals surface area contributed by atoms with Crippen LogP contribution < -0.4 is 0 Å². The predicted molar refractivity (Wildman–Crippen MR) is 49.2 cm³/mol. The maximum Gasteiger partial charge on any atom is 0.0656 e. The van der Waals surface area contributed by atoms with E-state index in [4.69, 9.17) is 0 Å². The molecule has 2 aromatic rings. The number of aromatic nitrogens is 2. The molecular weight excluding hydrogens is 168 g/mol. The average molecular weight is 176 g/mol. The first-order chi connectivity index (χ1) is 5.95. The van der Waals surface area contributed by atoms with Gasteiger partial charge in [0.05, 0.1) is 6.20 Å². The number of rotatable bonds is 2. The summed E-state index contributed by atoms with van der Waals surface area (Å²) in [5.74, 6) is 0. The van der Waals surface area contributed by atoms with E-state index in [1.165, 1.54) is 22.0 Å². The largest absolute Gasteiger partial charge is 0.146 e. The summed E-state index contributed by atoms with van der Waals surface area (Å²) >= 11 is 1.46. The summed E-state index contributed by atoms with van der Waals surface area (Å²) in [5.41, 5.74) is 1.31. The molecule has 0 spiro atoms. The van der Waals surface area contributed by atoms with Crippen molar-refractivity contribution in [3.8, 4) is 0 Å². The van der Waals surface area contributed by atoms with E-state index >= 15 is 0 Å². The molecule has 1 aromatic carbocycles. The molecule has 0 unspecified atom stereocenters. The van der Waals surface area contributed by atoms with Crippen molar-refractivity contribution in [2.75, 3.05) is 0 Å². The highest BCUT2D eigenvalue weighted by molar-refractivity contribution is 7.05. The molecule has 0 saturated carbocycles. The van der Waals surface area contributed by atoms with Gasteiger partial charge >= 0.3 is 0 Å². The highest BCUT2D eigenvalue weighted by Gasteiger charge is 1.96. The van der Waals surface area contributed by atoms with Crippen LogP contribution in [0.1, 0.15) is 10.4 Å². The van der Waals surface area contributed by atoms with Crippen LogP contribution in [0.2, 0.25) is 0 Å². The average Bonchev–Trinajstić information content (AvgIpc) is 2.59. The summed E-state index contributed by atoms with van der Waals surface area (Å²) in [7, 11) is 0. The van der Waals surface area contributed by atoms with Gasteiger partial charge in [0.15, 0.2) is 0 Å². The Morgan fingerprint density at radius 1 is 1.17 bits per heavy atom. The highest BCUT2D eigenvalue weighted by atomic mass is 32.1. The Balaban J connectivity index is 2.15. The van der Waals surface area contributed by atoms with E-state index in [9.17, 15) is 0 Å². The molecule has 2 nitrogen and oxygen atoms in total. The van der Waals surface area contributed by atoms with Gasteiger partial charge in [-0.1, -0.05) is 34.8 Å². The van der Waals surface area contributed by atoms with E-state index < -0.39 is 0 Å². The lowest BCUT2D eigenvalue weighted by Crippen LogP contribution is -1.82. The van der Waals surface area contributed by atoms with E-state index in [1.807, 2.05) is 24.4 Å². The van der Waals surface area contributed by atoms with Crippen LogP contribution >= 0.6 is 11.5 Å². The highest BCUT2D eigenvalue weighted by Crippen LogP contribution is 2.10. The van der Waals surface area contributed by atoms with Crippen molar-refractivity contribution in [3.05, 3.63) is 47.0 Å². The second-order valence-corrected chi connectivity index (χ2v) is 3.42. The van der Waals surface area contributed by atoms with Gasteiger partial charge in [-0.25, -0.2) is 0 Å². The second kappa shape index (κ2) is 3.45. The lowest BCUT2D eigenvalue weighted by molar-refractivity contribution is 1.13. The molecule has 0 radical (unpaired) electrons. The maximum absolute atomic E-state index is 3.81. The molecule has 0 N–H and O–H groups in total. The normalized spacial score (nSPS) is 10.0. The third-order valence-electron chi connectivity index (χ3n) is 1.63. The molecule has 0 fully saturated rings. The van der Waals surface area contributed by atoms with E-state index in [2.05, 4.69) is 21.7 Å². The molecule has 0 amide bonds. The molecule has 0 aliphatic rings. The fourth-order valence-corrected chi connectivity index (χ4v) is 1.59. The number of hydrogen-bond donors (Lipinski definition) is 0. The minimum Gasteiger partial charge on any atom is -0.146 e. The zero-order valence-electron chi connectivity index (χ0n) is 6.47. The van der Waals surface area contributed by atoms with Crippen molar-refractivity contribution in [1.29, 1.82) is 0 Å². The number of nitrogens with zero attached hydrogens (tertiary/aromatic N) is 2. The first-order valence-electron chi connectivity index (χ1n) is 3.75. The van der Waals surface area contributed by atoms with Gasteiger partial charge in [0.25, 0.3) is 0 Å². The van der Waals surface area contributed by atoms with Crippen LogP contribution in [0.4, 0.5) is 0 Å². The van der Waals surface area contributed by atoms with Crippen LogP contribution in [0, 0.1) is 0 Å². The van der Waals surface area contributed by atoms with Gasteiger partial charge in [0.2, 0.25) is 0 Å². The standard InChI is InChI=1S/C9H8N2S/c1-2-4-8(5-3-1)6-9-7-10-11-12-9/h1-5,7H,6H2. The van der Waals surface area contributed by atoms with Crippen LogP contribution in [0.25, 0.3) is 0 Å². The zero-order valence-corrected chi connectivity index (χ0v) is 7.29. The molecule has 60 valence electrons. The van der Waals surface area contributed by atoms with Gasteiger partial charge in [0.1, 0.15) is 0 Å². The Morgan fingerprint density at radius 3 is 2.67 bits per heavy atom. The van der Waals surface area contributed by atoms with E-state index in [1.54, 1.807) is 0 Å². The Labute approximate surface area is 75.0 Å². The SMILES string of the molecule is c1ccc(Cc2cnns2)cc1. The molecule has 0 atom stereocenters. The molecule has 0 aliphatic carbocycles. The molecule has 12 heavy (non-hydrogen) atoms. The van der Waals surface area contributed by atoms with Gasteiger partial charge < -0.3 is 0 Å². The molecule has 0 saturated heterocycles. The topological polar surface area (TPSA) is 25.8 Å². The van der Waals surface area contributed by atoms with Crippen molar-refractivity contribution in [2.24, 2.45) is 0 Å². The fourth-order valence-electron chi connectivity index (χ4n) is 1.06. The molecular formula is C9H8N2S. The summed E-state index contributed by atoms with van der Waals surface area (Å²) in [6.45, 7) is 0. The predicted octanol–water partition coefficient (Wildman–Crippen LogP) is 2.13. The molecule has 1 heterocycles. The van der Waals surface area contributed by atoms with Crippen molar-refractivity contribution in [2.45, 2.75) is 6.42 Å². The second-order valence-electron chi connectivity index (χ2n) is 2.55. The zero-order chi connectivity index (χ0) is 8.23. The lowest BCUT2D eigenvalue weighted by Gasteiger charge is -1.94. The summed E-state index contributed by atoms with van der Waals surface area (Å²) in [5, 5.41) is 3.79. The Morgan fingerprint density at radius 2 is 2.00 bits per heavy atom. The summed E-state index contributed by atoms with van der Waals surface area (Å²) in [4.78, 5) is 1.21. The quantitative estimate of drug-likeness (QED) is 0.700. The third-order valence-corrected chi connectivity index (χ3v) is 2.29. The van der Waals surface area contributed by atoms with Gasteiger partial charge in [-0.15, -0.1) is 5.10 Å². The van der Waals surface area contributed by atoms with Crippen LogP contribution in [0.5, 0.6) is 0 Å². The smallest absolute Gasteiger partial charge is 0.0656 e. The van der Waals surface area contributed by atoms with Gasteiger partial charge in [-0.05, 0) is 17.1 Å². The summed E-state index contributed by atoms with van der Waals surface area (Å²) < 4.78 is 3.81. The van der Waals surface area contributed by atoms with Crippen molar-refractivity contribution in [3.63, 3.8) is 0 Å². The van der Waals surface area contributed by atoms with Crippen LogP contribution in [0.15, 0.2) is 36.5 Å². The van der Waals surface area contributed by atoms with Crippen LogP contribution in [-0.4, -0.2) is 9.59 Å². The Bertz CT molecular complexity index is 329. The van der Waals surface area contributed by atoms with Crippen molar-refractivity contribution in [1.82, 2.24) is 9.59 Å². The first kappa shape index (κ1) is 7.43. The molecule has 1 aromatic heterocycles. The summed E-state index contributed by atoms with van der Waals surface area (Å²) in [6, 6.07) is 10.3. The fraction of sp³-hybridized carbons (Fsp3) is 0.111. The molecule has 3 heteroatoms. The number of benzene rings is 1. The van der Waals surface area contributed by atoms with Gasteiger partial charge in [0, 0.05) is 11.3 Å². The molecule has 0 bridgehead atoms. The van der Waals surface area contributed by atoms with Crippen molar-refractivity contribution < 1.29 is 0 Å². The molecule has 2 rings (SSSR count). The first-order valence-corrected chi connectivity index (χ1v) is 4.52.